The number of imidazole rings is 1. The summed E-state index contributed by atoms with van der Waals surface area (Å²) in [6, 6.07) is 1.13. The van der Waals surface area contributed by atoms with Gasteiger partial charge in [-0.3, -0.25) is 14.5 Å². The van der Waals surface area contributed by atoms with Crippen molar-refractivity contribution in [2.45, 2.75) is 50.2 Å². The van der Waals surface area contributed by atoms with Crippen LogP contribution >= 0.6 is 11.8 Å². The number of carbonyl (C=O) groups is 1. The van der Waals surface area contributed by atoms with E-state index in [2.05, 4.69) is 30.5 Å². The van der Waals surface area contributed by atoms with E-state index in [1.54, 1.807) is 7.11 Å². The number of methoxy groups -OCH3 is 1. The van der Waals surface area contributed by atoms with Gasteiger partial charge in [0.2, 0.25) is 5.91 Å². The molecule has 0 aliphatic carbocycles. The maximum absolute atomic E-state index is 12.3. The van der Waals surface area contributed by atoms with Crippen molar-refractivity contribution in [3.63, 3.8) is 0 Å². The molecule has 14 nitrogen and oxygen atoms in total. The van der Waals surface area contributed by atoms with Crippen molar-refractivity contribution < 1.29 is 24.5 Å². The first-order valence-corrected chi connectivity index (χ1v) is 12.1. The van der Waals surface area contributed by atoms with Crippen LogP contribution in [0.2, 0.25) is 0 Å². The van der Waals surface area contributed by atoms with Crippen molar-refractivity contribution in [2.24, 2.45) is 5.73 Å². The van der Waals surface area contributed by atoms with E-state index in [1.165, 1.54) is 29.0 Å². The molecule has 15 heteroatoms. The molecular formula is C20H29N9O5S. The van der Waals surface area contributed by atoms with E-state index in [1.807, 2.05) is 6.07 Å². The SMILES string of the molecule is COCc1cc(CNC(=O)[C@@H](N)CCSC[C@H]2O[C@@H](n3cnc4c(N)ncnc43)[C@H](O)[C@@H]2O)[nH]n1. The number of H-pyrrole nitrogens is 1. The zero-order chi connectivity index (χ0) is 24.9. The molecule has 0 saturated carbocycles. The second-order valence-electron chi connectivity index (χ2n) is 8.13. The normalized spacial score (nSPS) is 23.1. The zero-order valence-electron chi connectivity index (χ0n) is 19.1. The highest BCUT2D eigenvalue weighted by molar-refractivity contribution is 7.99. The molecule has 1 fully saturated rings. The Labute approximate surface area is 204 Å². The van der Waals surface area contributed by atoms with E-state index in [0.29, 0.717) is 35.7 Å². The van der Waals surface area contributed by atoms with Gasteiger partial charge in [-0.2, -0.15) is 16.9 Å². The number of amides is 1. The van der Waals surface area contributed by atoms with Gasteiger partial charge >= 0.3 is 0 Å². The molecule has 0 aromatic carbocycles. The topological polar surface area (TPSA) is 212 Å². The molecule has 4 rings (SSSR count). The number of fused-ring (bicyclic) bond motifs is 1. The molecule has 0 spiro atoms. The fourth-order valence-electron chi connectivity index (χ4n) is 3.73. The summed E-state index contributed by atoms with van der Waals surface area (Å²) in [6.45, 7) is 0.678. The Morgan fingerprint density at radius 2 is 2.20 bits per heavy atom. The summed E-state index contributed by atoms with van der Waals surface area (Å²) < 4.78 is 12.5. The molecule has 1 saturated heterocycles. The Bertz CT molecular complexity index is 1140. The number of rotatable bonds is 11. The third kappa shape index (κ3) is 5.71. The van der Waals surface area contributed by atoms with E-state index >= 15 is 0 Å². The lowest BCUT2D eigenvalue weighted by atomic mass is 10.1. The quantitative estimate of drug-likeness (QED) is 0.166. The Morgan fingerprint density at radius 3 is 3.00 bits per heavy atom. The van der Waals surface area contributed by atoms with Gasteiger partial charge in [-0.05, 0) is 18.2 Å². The molecular weight excluding hydrogens is 478 g/mol. The first kappa shape index (κ1) is 25.3. The average molecular weight is 508 g/mol. The number of aromatic amines is 1. The predicted octanol–water partition coefficient (Wildman–Crippen LogP) is -1.34. The minimum Gasteiger partial charge on any atom is -0.387 e. The van der Waals surface area contributed by atoms with Crippen LogP contribution in [0, 0.1) is 0 Å². The van der Waals surface area contributed by atoms with Crippen molar-refractivity contribution in [1.29, 1.82) is 0 Å². The van der Waals surface area contributed by atoms with Gasteiger partial charge in [0.15, 0.2) is 17.7 Å². The Hall–Kier alpha value is -2.82. The Balaban J connectivity index is 1.21. The van der Waals surface area contributed by atoms with Crippen LogP contribution in [0.25, 0.3) is 11.2 Å². The van der Waals surface area contributed by atoms with Crippen molar-refractivity contribution in [3.8, 4) is 0 Å². The van der Waals surface area contributed by atoms with Crippen molar-refractivity contribution in [2.75, 3.05) is 24.3 Å². The van der Waals surface area contributed by atoms with Crippen LogP contribution in [-0.4, -0.2) is 88.8 Å². The molecule has 1 aliphatic rings. The van der Waals surface area contributed by atoms with E-state index < -0.39 is 30.6 Å². The van der Waals surface area contributed by atoms with Crippen LogP contribution in [-0.2, 0) is 27.4 Å². The smallest absolute Gasteiger partial charge is 0.237 e. The Morgan fingerprint density at radius 1 is 1.37 bits per heavy atom. The number of hydrogen-bond donors (Lipinski definition) is 6. The number of aliphatic hydroxyl groups is 2. The summed E-state index contributed by atoms with van der Waals surface area (Å²) in [5, 5.41) is 30.7. The van der Waals surface area contributed by atoms with Crippen LogP contribution in [0.1, 0.15) is 24.0 Å². The van der Waals surface area contributed by atoms with E-state index in [0.717, 1.165) is 11.4 Å². The summed E-state index contributed by atoms with van der Waals surface area (Å²) in [5.74, 6) is 0.925. The number of aliphatic hydroxyl groups excluding tert-OH is 2. The van der Waals surface area contributed by atoms with E-state index in [4.69, 9.17) is 20.9 Å². The third-order valence-corrected chi connectivity index (χ3v) is 6.71. The van der Waals surface area contributed by atoms with Crippen molar-refractivity contribution in [1.82, 2.24) is 35.0 Å². The van der Waals surface area contributed by atoms with Crippen LogP contribution in [0.4, 0.5) is 5.82 Å². The number of carbonyl (C=O) groups excluding carboxylic acids is 1. The van der Waals surface area contributed by atoms with Gasteiger partial charge in [-0.1, -0.05) is 0 Å². The molecule has 1 amide bonds. The third-order valence-electron chi connectivity index (χ3n) is 5.62. The summed E-state index contributed by atoms with van der Waals surface area (Å²) in [5.41, 5.74) is 14.1. The monoisotopic (exact) mass is 507 g/mol. The van der Waals surface area contributed by atoms with E-state index in [9.17, 15) is 15.0 Å². The van der Waals surface area contributed by atoms with Crippen LogP contribution in [0.3, 0.4) is 0 Å². The number of nitrogen functional groups attached to an aromatic ring is 1. The van der Waals surface area contributed by atoms with Gasteiger partial charge in [0, 0.05) is 12.9 Å². The fraction of sp³-hybridized carbons (Fsp3) is 0.550. The number of ether oxygens (including phenoxy) is 2. The van der Waals surface area contributed by atoms with Gasteiger partial charge in [-0.15, -0.1) is 0 Å². The van der Waals surface area contributed by atoms with Gasteiger partial charge in [0.25, 0.3) is 0 Å². The van der Waals surface area contributed by atoms with Gasteiger partial charge in [-0.25, -0.2) is 15.0 Å². The number of nitrogens with zero attached hydrogens (tertiary/aromatic N) is 5. The maximum atomic E-state index is 12.3. The van der Waals surface area contributed by atoms with E-state index in [-0.39, 0.29) is 18.3 Å². The number of aromatic nitrogens is 6. The molecule has 5 atom stereocenters. The fourth-order valence-corrected chi connectivity index (χ4v) is 4.82. The standard InChI is InChI=1S/C20H29N9O5S/c1-33-6-11-4-10(27-28-11)5-23-19(32)12(21)2-3-35-7-13-15(30)16(31)20(34-13)29-9-26-14-17(22)24-8-25-18(14)29/h4,8-9,12-13,15-16,20,30-31H,2-3,5-7,21H2,1H3,(H,23,32)(H,27,28)(H2,22,24,25)/t12-,13+,15+,16+,20+/m0/s1. The highest BCUT2D eigenvalue weighted by Crippen LogP contribution is 2.33. The first-order valence-electron chi connectivity index (χ1n) is 11.0. The number of thioether (sulfide) groups is 1. The summed E-state index contributed by atoms with van der Waals surface area (Å²) >= 11 is 1.47. The minimum atomic E-state index is -1.17. The Kier molecular flexibility index (Phi) is 8.15. The lowest BCUT2D eigenvalue weighted by molar-refractivity contribution is -0.122. The number of hydrogen-bond acceptors (Lipinski definition) is 12. The number of nitrogens with two attached hydrogens (primary N) is 2. The highest BCUT2D eigenvalue weighted by atomic mass is 32.2. The molecule has 1 aliphatic heterocycles. The summed E-state index contributed by atoms with van der Waals surface area (Å²) in [6.07, 6.45) is -0.573. The van der Waals surface area contributed by atoms with Crippen LogP contribution in [0.5, 0.6) is 0 Å². The minimum absolute atomic E-state index is 0.217. The van der Waals surface area contributed by atoms with Gasteiger partial charge < -0.3 is 36.5 Å². The lowest BCUT2D eigenvalue weighted by Gasteiger charge is -2.16. The molecule has 3 aromatic heterocycles. The number of anilines is 1. The molecule has 4 heterocycles. The molecule has 8 N–H and O–H groups in total. The molecule has 35 heavy (non-hydrogen) atoms. The largest absolute Gasteiger partial charge is 0.387 e. The molecule has 0 radical (unpaired) electrons. The molecule has 190 valence electrons. The van der Waals surface area contributed by atoms with Gasteiger partial charge in [0.05, 0.1) is 43.0 Å². The number of nitrogens with one attached hydrogen (secondary N) is 2. The van der Waals surface area contributed by atoms with Crippen molar-refractivity contribution >= 4 is 34.7 Å². The van der Waals surface area contributed by atoms with Crippen LogP contribution < -0.4 is 16.8 Å². The first-order chi connectivity index (χ1) is 16.9. The molecule has 0 unspecified atom stereocenters. The zero-order valence-corrected chi connectivity index (χ0v) is 19.9. The van der Waals surface area contributed by atoms with Gasteiger partial charge in [0.1, 0.15) is 24.1 Å². The molecule has 3 aromatic rings. The summed E-state index contributed by atoms with van der Waals surface area (Å²) in [4.78, 5) is 24.5. The van der Waals surface area contributed by atoms with Crippen LogP contribution in [0.15, 0.2) is 18.7 Å². The highest BCUT2D eigenvalue weighted by Gasteiger charge is 2.44. The second-order valence-corrected chi connectivity index (χ2v) is 9.28. The maximum Gasteiger partial charge on any atom is 0.237 e. The predicted molar refractivity (Wildman–Crippen MR) is 127 cm³/mol. The average Bonchev–Trinajstić information content (AvgIpc) is 3.55. The molecule has 0 bridgehead atoms. The second kappa shape index (κ2) is 11.3. The van der Waals surface area contributed by atoms with Crippen molar-refractivity contribution in [3.05, 3.63) is 30.1 Å². The lowest BCUT2D eigenvalue weighted by Crippen LogP contribution is -2.40. The summed E-state index contributed by atoms with van der Waals surface area (Å²) in [7, 11) is 1.58.